The first-order chi connectivity index (χ1) is 20.6. The highest BCUT2D eigenvalue weighted by Crippen LogP contribution is 2.75. The molecule has 0 radical (unpaired) electrons. The Bertz CT molecular complexity index is 1420. The van der Waals surface area contributed by atoms with Crippen molar-refractivity contribution in [3.8, 4) is 0 Å². The van der Waals surface area contributed by atoms with Gasteiger partial charge < -0.3 is 9.94 Å². The molecule has 0 aromatic heterocycles. The first-order valence-electron chi connectivity index (χ1n) is 17.0. The van der Waals surface area contributed by atoms with Gasteiger partial charge in [0.05, 0.1) is 11.1 Å². The molecular formula is C39H53NO4. The fourth-order valence-electron chi connectivity index (χ4n) is 11.5. The van der Waals surface area contributed by atoms with Crippen molar-refractivity contribution in [1.29, 1.82) is 0 Å². The summed E-state index contributed by atoms with van der Waals surface area (Å²) in [5.74, 6) is 0.0841. The molecule has 0 spiro atoms. The van der Waals surface area contributed by atoms with Gasteiger partial charge in [0.25, 0.3) is 0 Å². The maximum atomic E-state index is 12.9. The van der Waals surface area contributed by atoms with Crippen LogP contribution < -0.4 is 0 Å². The number of rotatable bonds is 4. The van der Waals surface area contributed by atoms with Gasteiger partial charge in [-0.05, 0) is 115 Å². The minimum atomic E-state index is -0.600. The van der Waals surface area contributed by atoms with Crippen LogP contribution in [0.5, 0.6) is 0 Å². The maximum Gasteiger partial charge on any atom is 0.358 e. The van der Waals surface area contributed by atoms with Crippen LogP contribution in [0.25, 0.3) is 6.08 Å². The summed E-state index contributed by atoms with van der Waals surface area (Å²) >= 11 is 0. The van der Waals surface area contributed by atoms with Crippen LogP contribution in [0, 0.1) is 50.2 Å². The van der Waals surface area contributed by atoms with E-state index >= 15 is 0 Å². The zero-order chi connectivity index (χ0) is 31.8. The summed E-state index contributed by atoms with van der Waals surface area (Å²) in [6.45, 7) is 16.9. The Hall–Kier alpha value is -2.69. The van der Waals surface area contributed by atoms with E-state index in [1.54, 1.807) is 6.08 Å². The largest absolute Gasteiger partial charge is 0.481 e. The number of oxime groups is 1. The Kier molecular flexibility index (Phi) is 7.41. The van der Waals surface area contributed by atoms with Crippen molar-refractivity contribution in [3.63, 3.8) is 0 Å². The average molecular weight is 600 g/mol. The molecule has 0 heterocycles. The molecule has 0 amide bonds. The van der Waals surface area contributed by atoms with Crippen molar-refractivity contribution in [2.24, 2.45) is 55.4 Å². The van der Waals surface area contributed by atoms with Crippen LogP contribution in [-0.4, -0.2) is 22.8 Å². The number of fused-ring (bicyclic) bond motifs is 7. The predicted molar refractivity (Wildman–Crippen MR) is 176 cm³/mol. The van der Waals surface area contributed by atoms with E-state index in [0.29, 0.717) is 11.8 Å². The van der Waals surface area contributed by atoms with E-state index in [1.165, 1.54) is 11.6 Å². The molecule has 0 aliphatic heterocycles. The Morgan fingerprint density at radius 1 is 0.909 bits per heavy atom. The third-order valence-electron chi connectivity index (χ3n) is 14.3. The summed E-state index contributed by atoms with van der Waals surface area (Å²) in [5, 5.41) is 15.1. The molecule has 0 bridgehead atoms. The monoisotopic (exact) mass is 599 g/mol. The van der Waals surface area contributed by atoms with Crippen molar-refractivity contribution in [2.75, 3.05) is 0 Å². The number of carboxylic acids is 1. The number of nitrogens with zero attached hydrogens (tertiary/aromatic N) is 1. The van der Waals surface area contributed by atoms with Crippen molar-refractivity contribution in [3.05, 3.63) is 53.6 Å². The minimum Gasteiger partial charge on any atom is -0.481 e. The Balaban J connectivity index is 1.27. The zero-order valence-electron chi connectivity index (χ0n) is 28.0. The van der Waals surface area contributed by atoms with Crippen LogP contribution in [0.4, 0.5) is 0 Å². The van der Waals surface area contributed by atoms with Gasteiger partial charge in [0.2, 0.25) is 0 Å². The molecule has 5 nitrogen and oxygen atoms in total. The molecule has 4 fully saturated rings. The van der Waals surface area contributed by atoms with Gasteiger partial charge >= 0.3 is 11.9 Å². The lowest BCUT2D eigenvalue weighted by Crippen LogP contribution is -2.64. The molecule has 238 valence electrons. The normalized spacial score (nSPS) is 41.5. The molecule has 4 saturated carbocycles. The second kappa shape index (κ2) is 10.4. The molecule has 5 aliphatic carbocycles. The van der Waals surface area contributed by atoms with Crippen molar-refractivity contribution >= 4 is 23.7 Å². The van der Waals surface area contributed by atoms with Crippen LogP contribution in [0.2, 0.25) is 0 Å². The van der Waals surface area contributed by atoms with Gasteiger partial charge in [-0.15, -0.1) is 0 Å². The summed E-state index contributed by atoms with van der Waals surface area (Å²) in [6.07, 6.45) is 15.4. The number of carbonyl (C=O) groups excluding carboxylic acids is 1. The highest BCUT2D eigenvalue weighted by Gasteiger charge is 2.69. The van der Waals surface area contributed by atoms with Gasteiger partial charge in [0.15, 0.2) is 0 Å². The highest BCUT2D eigenvalue weighted by atomic mass is 16.7. The first kappa shape index (κ1) is 31.3. The van der Waals surface area contributed by atoms with E-state index in [9.17, 15) is 14.7 Å². The fourth-order valence-corrected chi connectivity index (χ4v) is 11.5. The molecule has 7 atom stereocenters. The quantitative estimate of drug-likeness (QED) is 0.162. The van der Waals surface area contributed by atoms with Gasteiger partial charge in [-0.1, -0.05) is 95.6 Å². The Morgan fingerprint density at radius 3 is 2.32 bits per heavy atom. The lowest BCUT2D eigenvalue weighted by molar-refractivity contribution is -0.179. The SMILES string of the molecule is CC1(C)CC[C@]2(C(=O)O)CC[C@]3(C)C(=CC[C@@H]4[C@@]5(C)CC/C(=N\OC(=O)/C=C/c6ccccc6)C(C)(C)[C@@H]5CC[C@]43C)[C@@H]2C1. The molecule has 0 unspecified atom stereocenters. The number of aliphatic carboxylic acids is 1. The number of carboxylic acid groups (broad SMARTS) is 1. The van der Waals surface area contributed by atoms with E-state index in [2.05, 4.69) is 59.7 Å². The molecule has 5 heteroatoms. The third-order valence-corrected chi connectivity index (χ3v) is 14.3. The van der Waals surface area contributed by atoms with Crippen LogP contribution >= 0.6 is 0 Å². The minimum absolute atomic E-state index is 0.0139. The Labute approximate surface area is 264 Å². The lowest BCUT2D eigenvalue weighted by Gasteiger charge is -2.70. The molecule has 6 rings (SSSR count). The second-order valence-corrected chi connectivity index (χ2v) is 17.1. The van der Waals surface area contributed by atoms with Crippen LogP contribution in [0.1, 0.15) is 118 Å². The maximum absolute atomic E-state index is 12.9. The molecular weight excluding hydrogens is 546 g/mol. The molecule has 0 saturated heterocycles. The summed E-state index contributed by atoms with van der Waals surface area (Å²) in [7, 11) is 0. The van der Waals surface area contributed by atoms with Crippen molar-refractivity contribution in [1.82, 2.24) is 0 Å². The number of hydrogen-bond acceptors (Lipinski definition) is 4. The fraction of sp³-hybridized carbons (Fsp3) is 0.667. The van der Waals surface area contributed by atoms with Crippen molar-refractivity contribution in [2.45, 2.75) is 113 Å². The number of carbonyl (C=O) groups is 2. The molecule has 44 heavy (non-hydrogen) atoms. The second-order valence-electron chi connectivity index (χ2n) is 17.1. The number of hydrogen-bond donors (Lipinski definition) is 1. The van der Waals surface area contributed by atoms with Gasteiger partial charge in [-0.2, -0.15) is 0 Å². The summed E-state index contributed by atoms with van der Waals surface area (Å²) < 4.78 is 0. The van der Waals surface area contributed by atoms with E-state index in [4.69, 9.17) is 4.84 Å². The summed E-state index contributed by atoms with van der Waals surface area (Å²) in [6, 6.07) is 9.74. The molecule has 1 N–H and O–H groups in total. The summed E-state index contributed by atoms with van der Waals surface area (Å²) in [4.78, 5) is 31.0. The van der Waals surface area contributed by atoms with E-state index in [1.807, 2.05) is 30.3 Å². The number of benzene rings is 1. The zero-order valence-corrected chi connectivity index (χ0v) is 28.0. The molecule has 1 aromatic carbocycles. The van der Waals surface area contributed by atoms with Crippen LogP contribution in [0.15, 0.2) is 53.2 Å². The summed E-state index contributed by atoms with van der Waals surface area (Å²) in [5.41, 5.74) is 3.09. The first-order valence-corrected chi connectivity index (χ1v) is 17.0. The lowest BCUT2D eigenvalue weighted by atomic mass is 9.33. The number of allylic oxidation sites excluding steroid dienone is 2. The van der Waals surface area contributed by atoms with E-state index < -0.39 is 17.4 Å². The van der Waals surface area contributed by atoms with E-state index in [0.717, 1.165) is 75.5 Å². The van der Waals surface area contributed by atoms with Gasteiger partial charge in [0.1, 0.15) is 0 Å². The average Bonchev–Trinajstić information content (AvgIpc) is 2.96. The van der Waals surface area contributed by atoms with Gasteiger partial charge in [-0.25, -0.2) is 4.79 Å². The molecule has 1 aromatic rings. The van der Waals surface area contributed by atoms with Gasteiger partial charge in [0, 0.05) is 11.5 Å². The van der Waals surface area contributed by atoms with Crippen molar-refractivity contribution < 1.29 is 19.5 Å². The third kappa shape index (κ3) is 4.57. The van der Waals surface area contributed by atoms with Gasteiger partial charge in [-0.3, -0.25) is 4.79 Å². The highest BCUT2D eigenvalue weighted by molar-refractivity contribution is 5.92. The van der Waals surface area contributed by atoms with Crippen LogP contribution in [0.3, 0.4) is 0 Å². The standard InChI is InChI=1S/C39H53NO4/c1-34(2)21-23-39(33(42)43)24-22-37(6)27(28(39)25-34)14-15-30-36(5)19-18-31(35(3,4)29(36)17-20-38(30,37)7)40-44-32(41)16-13-26-11-9-8-10-12-26/h8-14,16,28-30H,15,17-25H2,1-7H3,(H,42,43)/b16-13+,40-31+/t28-,29-,30+,36-,37+,38+,39-/m0/s1. The van der Waals surface area contributed by atoms with E-state index in [-0.39, 0.29) is 33.0 Å². The Morgan fingerprint density at radius 2 is 1.61 bits per heavy atom. The predicted octanol–water partition coefficient (Wildman–Crippen LogP) is 9.49. The van der Waals surface area contributed by atoms with Crippen LogP contribution in [-0.2, 0) is 14.4 Å². The smallest absolute Gasteiger partial charge is 0.358 e. The topological polar surface area (TPSA) is 76.0 Å². The molecule has 5 aliphatic rings.